The highest BCUT2D eigenvalue weighted by atomic mass is 19.1. The van der Waals surface area contributed by atoms with Crippen LogP contribution in [0, 0.1) is 5.82 Å². The Bertz CT molecular complexity index is 584. The third-order valence-electron chi connectivity index (χ3n) is 2.83. The fourth-order valence-electron chi connectivity index (χ4n) is 1.87. The lowest BCUT2D eigenvalue weighted by Crippen LogP contribution is -2.17. The Morgan fingerprint density at radius 2 is 1.89 bits per heavy atom. The highest BCUT2D eigenvalue weighted by molar-refractivity contribution is 5.88. The van der Waals surface area contributed by atoms with Gasteiger partial charge in [0, 0.05) is 19.3 Å². The SMILES string of the molecule is CN(Cc1ccccc1)c1cc(F)cc(C(=O)O)c1. The lowest BCUT2D eigenvalue weighted by Gasteiger charge is -2.20. The smallest absolute Gasteiger partial charge is 0.335 e. The van der Waals surface area contributed by atoms with Crippen molar-refractivity contribution in [2.75, 3.05) is 11.9 Å². The molecule has 2 aromatic rings. The normalized spacial score (nSPS) is 10.2. The second-order valence-electron chi connectivity index (χ2n) is 4.34. The van der Waals surface area contributed by atoms with Gasteiger partial charge in [0.2, 0.25) is 0 Å². The second kappa shape index (κ2) is 5.52. The van der Waals surface area contributed by atoms with E-state index < -0.39 is 11.8 Å². The number of anilines is 1. The molecule has 0 amide bonds. The fourth-order valence-corrected chi connectivity index (χ4v) is 1.87. The Balaban J connectivity index is 2.24. The standard InChI is InChI=1S/C15H14FNO2/c1-17(10-11-5-3-2-4-6-11)14-8-12(15(18)19)7-13(16)9-14/h2-9H,10H2,1H3,(H,18,19). The van der Waals surface area contributed by atoms with Crippen LogP contribution in [0.3, 0.4) is 0 Å². The molecule has 0 radical (unpaired) electrons. The summed E-state index contributed by atoms with van der Waals surface area (Å²) in [6.07, 6.45) is 0. The molecule has 0 unspecified atom stereocenters. The molecule has 0 fully saturated rings. The minimum Gasteiger partial charge on any atom is -0.478 e. The van der Waals surface area contributed by atoms with Gasteiger partial charge >= 0.3 is 5.97 Å². The van der Waals surface area contributed by atoms with Gasteiger partial charge in [-0.1, -0.05) is 30.3 Å². The van der Waals surface area contributed by atoms with Crippen LogP contribution in [-0.2, 0) is 6.54 Å². The number of nitrogens with zero attached hydrogens (tertiary/aromatic N) is 1. The summed E-state index contributed by atoms with van der Waals surface area (Å²) in [5, 5.41) is 8.92. The van der Waals surface area contributed by atoms with E-state index in [9.17, 15) is 9.18 Å². The van der Waals surface area contributed by atoms with Gasteiger partial charge in [0.15, 0.2) is 0 Å². The van der Waals surface area contributed by atoms with E-state index >= 15 is 0 Å². The molecule has 0 saturated heterocycles. The molecule has 2 rings (SSSR count). The van der Waals surface area contributed by atoms with E-state index in [4.69, 9.17) is 5.11 Å². The van der Waals surface area contributed by atoms with Crippen LogP contribution in [0.2, 0.25) is 0 Å². The highest BCUT2D eigenvalue weighted by Crippen LogP contribution is 2.19. The molecular weight excluding hydrogens is 245 g/mol. The first-order chi connectivity index (χ1) is 9.06. The Labute approximate surface area is 110 Å². The van der Waals surface area contributed by atoms with Crippen LogP contribution in [0.4, 0.5) is 10.1 Å². The molecule has 0 aliphatic heterocycles. The Morgan fingerprint density at radius 3 is 2.53 bits per heavy atom. The maximum Gasteiger partial charge on any atom is 0.335 e. The van der Waals surface area contributed by atoms with Crippen LogP contribution in [0.1, 0.15) is 15.9 Å². The van der Waals surface area contributed by atoms with Gasteiger partial charge in [-0.3, -0.25) is 0 Å². The summed E-state index contributed by atoms with van der Waals surface area (Å²) in [5.41, 5.74) is 1.57. The van der Waals surface area contributed by atoms with Gasteiger partial charge in [-0.05, 0) is 23.8 Å². The average molecular weight is 259 g/mol. The van der Waals surface area contributed by atoms with Crippen molar-refractivity contribution < 1.29 is 14.3 Å². The van der Waals surface area contributed by atoms with Crippen molar-refractivity contribution in [2.24, 2.45) is 0 Å². The zero-order valence-corrected chi connectivity index (χ0v) is 10.5. The van der Waals surface area contributed by atoms with E-state index in [0.29, 0.717) is 12.2 Å². The van der Waals surface area contributed by atoms with Crippen molar-refractivity contribution in [3.8, 4) is 0 Å². The zero-order chi connectivity index (χ0) is 13.8. The van der Waals surface area contributed by atoms with E-state index in [2.05, 4.69) is 0 Å². The molecule has 2 aromatic carbocycles. The predicted octanol–water partition coefficient (Wildman–Crippen LogP) is 3.16. The van der Waals surface area contributed by atoms with Crippen LogP contribution < -0.4 is 4.90 Å². The monoisotopic (exact) mass is 259 g/mol. The van der Waals surface area contributed by atoms with Crippen molar-refractivity contribution >= 4 is 11.7 Å². The predicted molar refractivity (Wildman–Crippen MR) is 71.9 cm³/mol. The molecule has 98 valence electrons. The quantitative estimate of drug-likeness (QED) is 0.916. The molecule has 19 heavy (non-hydrogen) atoms. The van der Waals surface area contributed by atoms with Gasteiger partial charge in [-0.2, -0.15) is 0 Å². The molecule has 0 aromatic heterocycles. The number of hydrogen-bond acceptors (Lipinski definition) is 2. The summed E-state index contributed by atoms with van der Waals surface area (Å²) >= 11 is 0. The van der Waals surface area contributed by atoms with Crippen LogP contribution >= 0.6 is 0 Å². The molecule has 0 bridgehead atoms. The van der Waals surface area contributed by atoms with Crippen molar-refractivity contribution in [3.05, 3.63) is 65.5 Å². The maximum absolute atomic E-state index is 13.4. The van der Waals surface area contributed by atoms with E-state index in [1.54, 1.807) is 7.05 Å². The van der Waals surface area contributed by atoms with E-state index in [1.807, 2.05) is 35.2 Å². The summed E-state index contributed by atoms with van der Waals surface area (Å²) in [7, 11) is 1.80. The summed E-state index contributed by atoms with van der Waals surface area (Å²) in [6.45, 7) is 0.587. The van der Waals surface area contributed by atoms with Gasteiger partial charge in [0.25, 0.3) is 0 Å². The van der Waals surface area contributed by atoms with Gasteiger partial charge in [0.05, 0.1) is 5.56 Å². The first-order valence-corrected chi connectivity index (χ1v) is 5.85. The van der Waals surface area contributed by atoms with Gasteiger partial charge in [-0.15, -0.1) is 0 Å². The number of aromatic carboxylic acids is 1. The summed E-state index contributed by atoms with van der Waals surface area (Å²) < 4.78 is 13.4. The molecule has 3 nitrogen and oxygen atoms in total. The molecule has 0 saturated carbocycles. The first kappa shape index (κ1) is 13.1. The largest absolute Gasteiger partial charge is 0.478 e. The van der Waals surface area contributed by atoms with Crippen LogP contribution in [-0.4, -0.2) is 18.1 Å². The molecule has 0 atom stereocenters. The van der Waals surface area contributed by atoms with Crippen molar-refractivity contribution in [1.29, 1.82) is 0 Å². The van der Waals surface area contributed by atoms with E-state index in [-0.39, 0.29) is 5.56 Å². The van der Waals surface area contributed by atoms with Crippen molar-refractivity contribution in [1.82, 2.24) is 0 Å². The topological polar surface area (TPSA) is 40.5 Å². The first-order valence-electron chi connectivity index (χ1n) is 5.85. The number of rotatable bonds is 4. The molecule has 0 spiro atoms. The number of carbonyl (C=O) groups is 1. The number of benzene rings is 2. The number of carboxylic acid groups (broad SMARTS) is 1. The van der Waals surface area contributed by atoms with Crippen LogP contribution in [0.5, 0.6) is 0 Å². The maximum atomic E-state index is 13.4. The molecule has 1 N–H and O–H groups in total. The fraction of sp³-hybridized carbons (Fsp3) is 0.133. The molecule has 0 aliphatic rings. The zero-order valence-electron chi connectivity index (χ0n) is 10.5. The minimum absolute atomic E-state index is 0.0464. The lowest BCUT2D eigenvalue weighted by molar-refractivity contribution is 0.0696. The summed E-state index contributed by atoms with van der Waals surface area (Å²) in [6, 6.07) is 13.5. The van der Waals surface area contributed by atoms with E-state index in [0.717, 1.165) is 11.6 Å². The van der Waals surface area contributed by atoms with Gasteiger partial charge in [0.1, 0.15) is 5.82 Å². The molecular formula is C15H14FNO2. The second-order valence-corrected chi connectivity index (χ2v) is 4.34. The molecule has 0 heterocycles. The van der Waals surface area contributed by atoms with Crippen molar-refractivity contribution in [3.63, 3.8) is 0 Å². The summed E-state index contributed by atoms with van der Waals surface area (Å²) in [5.74, 6) is -1.68. The summed E-state index contributed by atoms with van der Waals surface area (Å²) in [4.78, 5) is 12.7. The molecule has 4 heteroatoms. The van der Waals surface area contributed by atoms with Gasteiger partial charge < -0.3 is 10.0 Å². The van der Waals surface area contributed by atoms with E-state index in [1.165, 1.54) is 12.1 Å². The third-order valence-corrected chi connectivity index (χ3v) is 2.83. The lowest BCUT2D eigenvalue weighted by atomic mass is 10.1. The number of carboxylic acids is 1. The molecule has 0 aliphatic carbocycles. The highest BCUT2D eigenvalue weighted by Gasteiger charge is 2.10. The Morgan fingerprint density at radius 1 is 1.21 bits per heavy atom. The Kier molecular flexibility index (Phi) is 3.80. The Hall–Kier alpha value is -2.36. The van der Waals surface area contributed by atoms with Gasteiger partial charge in [-0.25, -0.2) is 9.18 Å². The third kappa shape index (κ3) is 3.31. The van der Waals surface area contributed by atoms with Crippen molar-refractivity contribution in [2.45, 2.75) is 6.54 Å². The number of hydrogen-bond donors (Lipinski definition) is 1. The average Bonchev–Trinajstić information content (AvgIpc) is 2.39. The number of halogens is 1. The van der Waals surface area contributed by atoms with Crippen LogP contribution in [0.15, 0.2) is 48.5 Å². The minimum atomic E-state index is -1.13. The van der Waals surface area contributed by atoms with Crippen LogP contribution in [0.25, 0.3) is 0 Å².